The molecule has 2 aromatic rings. The van der Waals surface area contributed by atoms with Crippen LogP contribution in [0.2, 0.25) is 5.02 Å². The van der Waals surface area contributed by atoms with Gasteiger partial charge in [0.2, 0.25) is 17.7 Å². The van der Waals surface area contributed by atoms with Crippen molar-refractivity contribution in [2.24, 2.45) is 5.92 Å². The molecule has 1 atom stereocenters. The quantitative estimate of drug-likeness (QED) is 0.608. The van der Waals surface area contributed by atoms with Crippen molar-refractivity contribution in [1.29, 1.82) is 0 Å². The number of anilines is 1. The van der Waals surface area contributed by atoms with Gasteiger partial charge in [-0.3, -0.25) is 19.3 Å². The van der Waals surface area contributed by atoms with Crippen LogP contribution in [-0.2, 0) is 27.1 Å². The third-order valence-electron chi connectivity index (χ3n) is 6.62. The maximum Gasteiger partial charge on any atom is 0.418 e. The Morgan fingerprint density at radius 3 is 2.46 bits per heavy atom. The predicted octanol–water partition coefficient (Wildman–Crippen LogP) is 3.88. The molecule has 0 spiro atoms. The minimum absolute atomic E-state index is 0.0689. The van der Waals surface area contributed by atoms with E-state index in [9.17, 15) is 27.6 Å². The number of alkyl halides is 3. The second-order valence-corrected chi connectivity index (χ2v) is 9.78. The molecule has 2 fully saturated rings. The van der Waals surface area contributed by atoms with Crippen LogP contribution in [0.25, 0.3) is 0 Å². The van der Waals surface area contributed by atoms with Crippen LogP contribution in [0.4, 0.5) is 18.9 Å². The number of rotatable bonds is 6. The largest absolute Gasteiger partial charge is 0.418 e. The molecular weight excluding hydrogens is 509 g/mol. The van der Waals surface area contributed by atoms with Crippen molar-refractivity contribution in [2.45, 2.75) is 25.6 Å². The fourth-order valence-corrected chi connectivity index (χ4v) is 4.87. The van der Waals surface area contributed by atoms with Crippen molar-refractivity contribution >= 4 is 35.0 Å². The van der Waals surface area contributed by atoms with E-state index in [1.807, 2.05) is 17.0 Å². The van der Waals surface area contributed by atoms with Crippen LogP contribution in [0, 0.1) is 5.92 Å². The second-order valence-electron chi connectivity index (χ2n) is 9.35. The molecule has 0 aliphatic carbocycles. The van der Waals surface area contributed by atoms with E-state index in [1.165, 1.54) is 18.2 Å². The van der Waals surface area contributed by atoms with Gasteiger partial charge in [0, 0.05) is 50.7 Å². The molecule has 11 heteroatoms. The number of nitrogens with one attached hydrogen (secondary N) is 1. The van der Waals surface area contributed by atoms with Crippen molar-refractivity contribution in [3.05, 3.63) is 64.7 Å². The SMILES string of the molecule is O=C(CN1CCCN(C(=O)C2CC(=O)N(Cc3ccc(Cl)cc3)C2)CC1)Nc1ccccc1C(F)(F)F. The molecule has 198 valence electrons. The molecule has 3 amide bonds. The molecule has 2 saturated heterocycles. The summed E-state index contributed by atoms with van der Waals surface area (Å²) in [5.74, 6) is -1.12. The number of hydrogen-bond donors (Lipinski definition) is 1. The number of hydrogen-bond acceptors (Lipinski definition) is 4. The van der Waals surface area contributed by atoms with Crippen molar-refractivity contribution < 1.29 is 27.6 Å². The molecule has 0 radical (unpaired) electrons. The Balaban J connectivity index is 1.28. The van der Waals surface area contributed by atoms with E-state index in [0.717, 1.165) is 11.6 Å². The highest BCUT2D eigenvalue weighted by Crippen LogP contribution is 2.34. The lowest BCUT2D eigenvalue weighted by Gasteiger charge is -2.24. The number of halogens is 4. The average molecular weight is 537 g/mol. The van der Waals surface area contributed by atoms with Crippen LogP contribution in [0.1, 0.15) is 24.0 Å². The lowest BCUT2D eigenvalue weighted by molar-refractivity contribution is -0.137. The van der Waals surface area contributed by atoms with E-state index >= 15 is 0 Å². The minimum Gasteiger partial charge on any atom is -0.341 e. The van der Waals surface area contributed by atoms with Gasteiger partial charge in [-0.05, 0) is 36.2 Å². The van der Waals surface area contributed by atoms with Gasteiger partial charge < -0.3 is 15.1 Å². The first kappa shape index (κ1) is 26.9. The molecule has 0 saturated carbocycles. The van der Waals surface area contributed by atoms with Gasteiger partial charge in [-0.2, -0.15) is 13.2 Å². The Morgan fingerprint density at radius 2 is 1.73 bits per heavy atom. The second kappa shape index (κ2) is 11.5. The van der Waals surface area contributed by atoms with Gasteiger partial charge >= 0.3 is 6.18 Å². The smallest absolute Gasteiger partial charge is 0.341 e. The Labute approximate surface area is 218 Å². The summed E-state index contributed by atoms with van der Waals surface area (Å²) in [5, 5.41) is 2.98. The van der Waals surface area contributed by atoms with E-state index in [-0.39, 0.29) is 30.5 Å². The lowest BCUT2D eigenvalue weighted by Crippen LogP contribution is -2.41. The van der Waals surface area contributed by atoms with Gasteiger partial charge in [-0.1, -0.05) is 35.9 Å². The zero-order valence-corrected chi connectivity index (χ0v) is 20.9. The Hall–Kier alpha value is -3.11. The minimum atomic E-state index is -4.57. The first-order chi connectivity index (χ1) is 17.6. The van der Waals surface area contributed by atoms with Crippen LogP contribution in [0.5, 0.6) is 0 Å². The van der Waals surface area contributed by atoms with Crippen LogP contribution >= 0.6 is 11.6 Å². The third kappa shape index (κ3) is 7.01. The number of para-hydroxylation sites is 1. The van der Waals surface area contributed by atoms with Crippen molar-refractivity contribution in [3.63, 3.8) is 0 Å². The fraction of sp³-hybridized carbons (Fsp3) is 0.423. The van der Waals surface area contributed by atoms with Crippen molar-refractivity contribution in [1.82, 2.24) is 14.7 Å². The molecular formula is C26H28ClF3N4O3. The van der Waals surface area contributed by atoms with E-state index in [4.69, 9.17) is 11.6 Å². The highest BCUT2D eigenvalue weighted by Gasteiger charge is 2.37. The highest BCUT2D eigenvalue weighted by atomic mass is 35.5. The molecule has 7 nitrogen and oxygen atoms in total. The standard InChI is InChI=1S/C26H28ClF3N4O3/c27-20-8-6-18(7-9-20)15-34-16-19(14-24(34)36)25(37)33-11-3-10-32(12-13-33)17-23(35)31-22-5-2-1-4-21(22)26(28,29)30/h1-2,4-9,19H,3,10-17H2,(H,31,35). The van der Waals surface area contributed by atoms with Crippen LogP contribution < -0.4 is 5.32 Å². The number of nitrogens with zero attached hydrogens (tertiary/aromatic N) is 3. The van der Waals surface area contributed by atoms with Gasteiger partial charge in [0.1, 0.15) is 0 Å². The first-order valence-corrected chi connectivity index (χ1v) is 12.5. The zero-order valence-electron chi connectivity index (χ0n) is 20.1. The Kier molecular flexibility index (Phi) is 8.39. The maximum absolute atomic E-state index is 13.2. The summed E-state index contributed by atoms with van der Waals surface area (Å²) >= 11 is 5.92. The number of benzene rings is 2. The lowest BCUT2D eigenvalue weighted by atomic mass is 10.1. The highest BCUT2D eigenvalue weighted by molar-refractivity contribution is 6.30. The maximum atomic E-state index is 13.2. The predicted molar refractivity (Wildman–Crippen MR) is 133 cm³/mol. The number of carbonyl (C=O) groups is 3. The molecule has 4 rings (SSSR count). The normalized spacial score (nSPS) is 19.1. The van der Waals surface area contributed by atoms with Gasteiger partial charge in [0.15, 0.2) is 0 Å². The molecule has 2 heterocycles. The van der Waals surface area contributed by atoms with E-state index < -0.39 is 23.6 Å². The van der Waals surface area contributed by atoms with Gasteiger partial charge in [0.25, 0.3) is 0 Å². The summed E-state index contributed by atoms with van der Waals surface area (Å²) in [6.45, 7) is 2.51. The van der Waals surface area contributed by atoms with Gasteiger partial charge in [-0.15, -0.1) is 0 Å². The van der Waals surface area contributed by atoms with E-state index in [2.05, 4.69) is 5.32 Å². The third-order valence-corrected chi connectivity index (χ3v) is 6.88. The first-order valence-electron chi connectivity index (χ1n) is 12.1. The summed E-state index contributed by atoms with van der Waals surface area (Å²) in [4.78, 5) is 43.4. The van der Waals surface area contributed by atoms with Crippen molar-refractivity contribution in [3.8, 4) is 0 Å². The van der Waals surface area contributed by atoms with Crippen LogP contribution in [0.15, 0.2) is 48.5 Å². The molecule has 0 bridgehead atoms. The summed E-state index contributed by atoms with van der Waals surface area (Å²) in [6, 6.07) is 12.1. The average Bonchev–Trinajstić information content (AvgIpc) is 3.05. The molecule has 2 aromatic carbocycles. The number of likely N-dealkylation sites (tertiary alicyclic amines) is 1. The van der Waals surface area contributed by atoms with Gasteiger partial charge in [-0.25, -0.2) is 0 Å². The van der Waals surface area contributed by atoms with Crippen molar-refractivity contribution in [2.75, 3.05) is 44.6 Å². The summed E-state index contributed by atoms with van der Waals surface area (Å²) < 4.78 is 39.6. The Bertz CT molecular complexity index is 1140. The molecule has 1 N–H and O–H groups in total. The van der Waals surface area contributed by atoms with Crippen LogP contribution in [0.3, 0.4) is 0 Å². The Morgan fingerprint density at radius 1 is 1.00 bits per heavy atom. The number of carbonyl (C=O) groups excluding carboxylic acids is 3. The molecule has 1 unspecified atom stereocenters. The topological polar surface area (TPSA) is 73.0 Å². The zero-order chi connectivity index (χ0) is 26.6. The molecule has 2 aliphatic heterocycles. The van der Waals surface area contributed by atoms with Gasteiger partial charge in [0.05, 0.1) is 23.7 Å². The molecule has 0 aromatic heterocycles. The molecule has 37 heavy (non-hydrogen) atoms. The molecule has 2 aliphatic rings. The van der Waals surface area contributed by atoms with Crippen LogP contribution in [-0.4, -0.2) is 71.7 Å². The fourth-order valence-electron chi connectivity index (χ4n) is 4.74. The number of amides is 3. The summed E-state index contributed by atoms with van der Waals surface area (Å²) in [6.07, 6.45) is -3.79. The summed E-state index contributed by atoms with van der Waals surface area (Å²) in [5.41, 5.74) is -0.236. The monoisotopic (exact) mass is 536 g/mol. The summed E-state index contributed by atoms with van der Waals surface area (Å²) in [7, 11) is 0. The van der Waals surface area contributed by atoms with E-state index in [1.54, 1.807) is 21.9 Å². The van der Waals surface area contributed by atoms with E-state index in [0.29, 0.717) is 50.7 Å².